The molecular formula is C14H26N4O. The van der Waals surface area contributed by atoms with E-state index in [1.165, 1.54) is 0 Å². The van der Waals surface area contributed by atoms with Crippen LogP contribution in [0.2, 0.25) is 0 Å². The van der Waals surface area contributed by atoms with Gasteiger partial charge in [0.2, 0.25) is 5.88 Å². The molecule has 0 aliphatic carbocycles. The van der Waals surface area contributed by atoms with Gasteiger partial charge in [0.25, 0.3) is 0 Å². The van der Waals surface area contributed by atoms with Gasteiger partial charge in [-0.05, 0) is 34.9 Å². The molecule has 5 nitrogen and oxygen atoms in total. The Morgan fingerprint density at radius 3 is 2.32 bits per heavy atom. The third-order valence-corrected chi connectivity index (χ3v) is 3.45. The standard InChI is InChI=1S/C14H26N4O/c1-9(2)12-16-11(15)10(3)13(17-12)19-8-14(4,5)18(6)7/h9H,8H2,1-7H3,(H2,15,16,17). The van der Waals surface area contributed by atoms with Gasteiger partial charge in [0.05, 0.1) is 5.56 Å². The number of hydrogen-bond acceptors (Lipinski definition) is 5. The van der Waals surface area contributed by atoms with E-state index < -0.39 is 0 Å². The van der Waals surface area contributed by atoms with Crippen LogP contribution in [0, 0.1) is 6.92 Å². The number of nitrogens with zero attached hydrogens (tertiary/aromatic N) is 3. The number of hydrogen-bond donors (Lipinski definition) is 1. The quantitative estimate of drug-likeness (QED) is 0.885. The van der Waals surface area contributed by atoms with E-state index in [1.54, 1.807) is 0 Å². The fraction of sp³-hybridized carbons (Fsp3) is 0.714. The van der Waals surface area contributed by atoms with Crippen molar-refractivity contribution in [3.63, 3.8) is 0 Å². The number of nitrogen functional groups attached to an aromatic ring is 1. The van der Waals surface area contributed by atoms with Gasteiger partial charge in [0.15, 0.2) is 0 Å². The maximum atomic E-state index is 5.92. The third kappa shape index (κ3) is 3.80. The SMILES string of the molecule is Cc1c(N)nc(C(C)C)nc1OCC(C)(C)N(C)C. The van der Waals surface area contributed by atoms with Crippen LogP contribution in [0.25, 0.3) is 0 Å². The summed E-state index contributed by atoms with van der Waals surface area (Å²) < 4.78 is 5.86. The van der Waals surface area contributed by atoms with Crippen molar-refractivity contribution < 1.29 is 4.74 Å². The lowest BCUT2D eigenvalue weighted by Gasteiger charge is -2.32. The van der Waals surface area contributed by atoms with Crippen molar-refractivity contribution in [2.24, 2.45) is 0 Å². The van der Waals surface area contributed by atoms with Crippen molar-refractivity contribution in [1.29, 1.82) is 0 Å². The lowest BCUT2D eigenvalue weighted by Crippen LogP contribution is -2.43. The first kappa shape index (κ1) is 15.7. The highest BCUT2D eigenvalue weighted by molar-refractivity contribution is 5.44. The monoisotopic (exact) mass is 266 g/mol. The Hall–Kier alpha value is -1.36. The number of likely N-dealkylation sites (N-methyl/N-ethyl adjacent to an activating group) is 1. The van der Waals surface area contributed by atoms with E-state index in [1.807, 2.05) is 34.9 Å². The molecule has 1 aromatic heterocycles. The minimum atomic E-state index is -0.0653. The van der Waals surface area contributed by atoms with E-state index in [0.29, 0.717) is 18.3 Å². The second-order valence-electron chi connectivity index (χ2n) is 6.05. The Balaban J connectivity index is 2.95. The molecule has 0 unspecified atom stereocenters. The molecule has 0 bridgehead atoms. The molecule has 0 saturated carbocycles. The molecule has 1 aromatic rings. The summed E-state index contributed by atoms with van der Waals surface area (Å²) in [7, 11) is 4.06. The minimum absolute atomic E-state index is 0.0653. The summed E-state index contributed by atoms with van der Waals surface area (Å²) in [6.07, 6.45) is 0. The van der Waals surface area contributed by atoms with Crippen LogP contribution in [0.4, 0.5) is 5.82 Å². The molecule has 1 rings (SSSR count). The summed E-state index contributed by atoms with van der Waals surface area (Å²) in [6, 6.07) is 0. The van der Waals surface area contributed by atoms with Crippen LogP contribution in [0.3, 0.4) is 0 Å². The highest BCUT2D eigenvalue weighted by Gasteiger charge is 2.22. The summed E-state index contributed by atoms with van der Waals surface area (Å²) in [6.45, 7) is 10.8. The Kier molecular flexibility index (Phi) is 4.74. The van der Waals surface area contributed by atoms with Gasteiger partial charge in [0, 0.05) is 11.5 Å². The van der Waals surface area contributed by atoms with E-state index in [9.17, 15) is 0 Å². The van der Waals surface area contributed by atoms with Crippen LogP contribution in [0.1, 0.15) is 45.0 Å². The molecule has 0 aliphatic heterocycles. The van der Waals surface area contributed by atoms with Crippen molar-refractivity contribution >= 4 is 5.82 Å². The molecule has 0 saturated heterocycles. The third-order valence-electron chi connectivity index (χ3n) is 3.45. The van der Waals surface area contributed by atoms with E-state index in [2.05, 4.69) is 28.7 Å². The fourth-order valence-electron chi connectivity index (χ4n) is 1.30. The molecule has 0 radical (unpaired) electrons. The van der Waals surface area contributed by atoms with Gasteiger partial charge < -0.3 is 15.4 Å². The molecule has 2 N–H and O–H groups in total. The molecule has 5 heteroatoms. The molecule has 1 heterocycles. The molecule has 0 spiro atoms. The van der Waals surface area contributed by atoms with E-state index in [4.69, 9.17) is 10.5 Å². The minimum Gasteiger partial charge on any atom is -0.475 e. The van der Waals surface area contributed by atoms with Gasteiger partial charge in [-0.1, -0.05) is 13.8 Å². The number of nitrogens with two attached hydrogens (primary N) is 1. The summed E-state index contributed by atoms with van der Waals surface area (Å²) in [5, 5.41) is 0. The second-order valence-corrected chi connectivity index (χ2v) is 6.05. The number of anilines is 1. The molecule has 0 atom stereocenters. The maximum Gasteiger partial charge on any atom is 0.221 e. The van der Waals surface area contributed by atoms with Gasteiger partial charge in [-0.15, -0.1) is 0 Å². The van der Waals surface area contributed by atoms with E-state index in [-0.39, 0.29) is 11.5 Å². The second kappa shape index (κ2) is 5.74. The summed E-state index contributed by atoms with van der Waals surface area (Å²) in [5.41, 5.74) is 6.66. The van der Waals surface area contributed by atoms with E-state index >= 15 is 0 Å². The molecule has 19 heavy (non-hydrogen) atoms. The predicted molar refractivity (Wildman–Crippen MR) is 78.5 cm³/mol. The molecule has 0 amide bonds. The van der Waals surface area contributed by atoms with Crippen molar-refractivity contribution in [2.45, 2.75) is 46.1 Å². The molecule has 0 aromatic carbocycles. The molecule has 0 fully saturated rings. The van der Waals surface area contributed by atoms with Crippen molar-refractivity contribution in [3.8, 4) is 5.88 Å². The summed E-state index contributed by atoms with van der Waals surface area (Å²) >= 11 is 0. The first-order valence-corrected chi connectivity index (χ1v) is 6.59. The number of rotatable bonds is 5. The van der Waals surface area contributed by atoms with Gasteiger partial charge >= 0.3 is 0 Å². The Bertz CT molecular complexity index is 441. The van der Waals surface area contributed by atoms with Crippen molar-refractivity contribution in [2.75, 3.05) is 26.4 Å². The molecule has 0 aliphatic rings. The average Bonchev–Trinajstić information content (AvgIpc) is 2.30. The normalized spacial score (nSPS) is 12.3. The van der Waals surface area contributed by atoms with Crippen LogP contribution in [-0.2, 0) is 0 Å². The van der Waals surface area contributed by atoms with Crippen LogP contribution in [0.15, 0.2) is 0 Å². The smallest absolute Gasteiger partial charge is 0.221 e. The predicted octanol–water partition coefficient (Wildman–Crippen LogP) is 2.21. The lowest BCUT2D eigenvalue weighted by atomic mass is 10.1. The number of ether oxygens (including phenoxy) is 1. The van der Waals surface area contributed by atoms with Crippen LogP contribution >= 0.6 is 0 Å². The highest BCUT2D eigenvalue weighted by Crippen LogP contribution is 2.24. The van der Waals surface area contributed by atoms with E-state index in [0.717, 1.165) is 11.4 Å². The lowest BCUT2D eigenvalue weighted by molar-refractivity contribution is 0.110. The molecular weight excluding hydrogens is 240 g/mol. The summed E-state index contributed by atoms with van der Waals surface area (Å²) in [4.78, 5) is 10.9. The zero-order chi connectivity index (χ0) is 14.8. The Labute approximate surface area is 116 Å². The van der Waals surface area contributed by atoms with Gasteiger partial charge in [-0.25, -0.2) is 4.98 Å². The summed E-state index contributed by atoms with van der Waals surface area (Å²) in [5.74, 6) is 2.04. The number of aromatic nitrogens is 2. The highest BCUT2D eigenvalue weighted by atomic mass is 16.5. The van der Waals surface area contributed by atoms with Gasteiger partial charge in [-0.2, -0.15) is 4.98 Å². The maximum absolute atomic E-state index is 5.92. The zero-order valence-corrected chi connectivity index (χ0v) is 13.1. The van der Waals surface area contributed by atoms with Crippen LogP contribution < -0.4 is 10.5 Å². The average molecular weight is 266 g/mol. The first-order chi connectivity index (χ1) is 8.65. The topological polar surface area (TPSA) is 64.3 Å². The van der Waals surface area contributed by atoms with Crippen molar-refractivity contribution in [3.05, 3.63) is 11.4 Å². The van der Waals surface area contributed by atoms with Gasteiger partial charge in [-0.3, -0.25) is 0 Å². The van der Waals surface area contributed by atoms with Crippen LogP contribution in [-0.4, -0.2) is 41.1 Å². The fourth-order valence-corrected chi connectivity index (χ4v) is 1.30. The van der Waals surface area contributed by atoms with Crippen molar-refractivity contribution in [1.82, 2.24) is 14.9 Å². The largest absolute Gasteiger partial charge is 0.475 e. The van der Waals surface area contributed by atoms with Crippen LogP contribution in [0.5, 0.6) is 5.88 Å². The Morgan fingerprint density at radius 2 is 1.84 bits per heavy atom. The zero-order valence-electron chi connectivity index (χ0n) is 13.1. The Morgan fingerprint density at radius 1 is 1.26 bits per heavy atom. The first-order valence-electron chi connectivity index (χ1n) is 6.59. The van der Waals surface area contributed by atoms with Gasteiger partial charge in [0.1, 0.15) is 18.2 Å². The molecule has 108 valence electrons.